The summed E-state index contributed by atoms with van der Waals surface area (Å²) in [4.78, 5) is 0. The molecular formula is C9H17NO5. The van der Waals surface area contributed by atoms with E-state index in [4.69, 9.17) is 16.6 Å². The lowest BCUT2D eigenvalue weighted by molar-refractivity contribution is -0.113. The van der Waals surface area contributed by atoms with Crippen molar-refractivity contribution in [3.8, 4) is 12.3 Å². The van der Waals surface area contributed by atoms with E-state index in [0.29, 0.717) is 0 Å². The van der Waals surface area contributed by atoms with Crippen molar-refractivity contribution in [2.75, 3.05) is 19.7 Å². The van der Waals surface area contributed by atoms with Crippen LogP contribution < -0.4 is 5.32 Å². The molecule has 4 atom stereocenters. The molecule has 0 aromatic heterocycles. The minimum absolute atomic E-state index is 0.0133. The predicted octanol–water partition coefficient (Wildman–Crippen LogP) is -3.35. The molecule has 6 N–H and O–H groups in total. The molecule has 0 rings (SSSR count). The third kappa shape index (κ3) is 5.09. The zero-order chi connectivity index (χ0) is 11.8. The number of hydrogen-bond donors (Lipinski definition) is 6. The van der Waals surface area contributed by atoms with E-state index in [2.05, 4.69) is 11.2 Å². The summed E-state index contributed by atoms with van der Waals surface area (Å²) >= 11 is 0. The summed E-state index contributed by atoms with van der Waals surface area (Å²) in [5, 5.41) is 48.0. The SMILES string of the molecule is C#CCNCC(O)C(O)C(O)C(O)CO. The Kier molecular flexibility index (Phi) is 7.25. The highest BCUT2D eigenvalue weighted by Gasteiger charge is 2.29. The Morgan fingerprint density at radius 2 is 1.60 bits per heavy atom. The van der Waals surface area contributed by atoms with Crippen molar-refractivity contribution >= 4 is 0 Å². The maximum Gasteiger partial charge on any atom is 0.111 e. The molecule has 0 amide bonds. The van der Waals surface area contributed by atoms with E-state index >= 15 is 0 Å². The largest absolute Gasteiger partial charge is 0.394 e. The third-order valence-electron chi connectivity index (χ3n) is 1.91. The normalized spacial score (nSPS) is 18.9. The average Bonchev–Trinajstić information content (AvgIpc) is 2.26. The van der Waals surface area contributed by atoms with Crippen molar-refractivity contribution < 1.29 is 25.5 Å². The Hall–Kier alpha value is -0.680. The van der Waals surface area contributed by atoms with Gasteiger partial charge in [0.25, 0.3) is 0 Å². The van der Waals surface area contributed by atoms with Gasteiger partial charge in [-0.3, -0.25) is 0 Å². The summed E-state index contributed by atoms with van der Waals surface area (Å²) < 4.78 is 0. The molecule has 0 radical (unpaired) electrons. The summed E-state index contributed by atoms with van der Waals surface area (Å²) in [6, 6.07) is 0. The predicted molar refractivity (Wildman–Crippen MR) is 52.8 cm³/mol. The quantitative estimate of drug-likeness (QED) is 0.197. The van der Waals surface area contributed by atoms with Gasteiger partial charge >= 0.3 is 0 Å². The highest BCUT2D eigenvalue weighted by molar-refractivity contribution is 4.88. The molecule has 0 fully saturated rings. The molecule has 6 nitrogen and oxygen atoms in total. The van der Waals surface area contributed by atoms with E-state index < -0.39 is 31.0 Å². The van der Waals surface area contributed by atoms with Crippen LogP contribution >= 0.6 is 0 Å². The van der Waals surface area contributed by atoms with Gasteiger partial charge in [-0.25, -0.2) is 0 Å². The summed E-state index contributed by atoms with van der Waals surface area (Å²) in [6.07, 6.45) is -0.955. The molecule has 0 aromatic carbocycles. The van der Waals surface area contributed by atoms with Crippen LogP contribution in [0.15, 0.2) is 0 Å². The Balaban J connectivity index is 3.96. The third-order valence-corrected chi connectivity index (χ3v) is 1.91. The summed E-state index contributed by atoms with van der Waals surface area (Å²) in [5.74, 6) is 2.27. The van der Waals surface area contributed by atoms with Gasteiger partial charge in [-0.2, -0.15) is 0 Å². The highest BCUT2D eigenvalue weighted by Crippen LogP contribution is 2.04. The number of nitrogens with one attached hydrogen (secondary N) is 1. The summed E-state index contributed by atoms with van der Waals surface area (Å²) in [6.45, 7) is -0.480. The molecule has 0 aliphatic carbocycles. The molecule has 0 spiro atoms. The topological polar surface area (TPSA) is 113 Å². The maximum absolute atomic E-state index is 9.33. The molecule has 0 aliphatic rings. The van der Waals surface area contributed by atoms with Crippen LogP contribution in [-0.2, 0) is 0 Å². The molecule has 0 aliphatic heterocycles. The molecule has 0 heterocycles. The minimum atomic E-state index is -1.60. The molecular weight excluding hydrogens is 202 g/mol. The van der Waals surface area contributed by atoms with Crippen molar-refractivity contribution in [3.63, 3.8) is 0 Å². The van der Waals surface area contributed by atoms with Gasteiger partial charge < -0.3 is 30.8 Å². The van der Waals surface area contributed by atoms with Crippen LogP contribution in [0.3, 0.4) is 0 Å². The molecule has 0 aromatic rings. The van der Waals surface area contributed by atoms with E-state index in [-0.39, 0.29) is 13.1 Å². The molecule has 15 heavy (non-hydrogen) atoms. The van der Waals surface area contributed by atoms with Gasteiger partial charge in [0.05, 0.1) is 19.3 Å². The van der Waals surface area contributed by atoms with Crippen LogP contribution in [0.4, 0.5) is 0 Å². The van der Waals surface area contributed by atoms with Gasteiger partial charge in [0.2, 0.25) is 0 Å². The second-order valence-corrected chi connectivity index (χ2v) is 3.13. The Bertz CT molecular complexity index is 205. The number of aliphatic hydroxyl groups is 5. The van der Waals surface area contributed by atoms with Crippen molar-refractivity contribution in [1.82, 2.24) is 5.32 Å². The fraction of sp³-hybridized carbons (Fsp3) is 0.778. The first-order valence-corrected chi connectivity index (χ1v) is 4.51. The van der Waals surface area contributed by atoms with Crippen LogP contribution in [0.2, 0.25) is 0 Å². The number of aliphatic hydroxyl groups excluding tert-OH is 5. The van der Waals surface area contributed by atoms with Crippen molar-refractivity contribution in [2.45, 2.75) is 24.4 Å². The molecule has 0 saturated heterocycles. The first kappa shape index (κ1) is 14.3. The standard InChI is InChI=1S/C9H17NO5/c1-2-3-10-4-6(12)8(14)9(15)7(13)5-11/h1,6-15H,3-5H2. The first-order chi connectivity index (χ1) is 7.04. The Morgan fingerprint density at radius 3 is 2.07 bits per heavy atom. The molecule has 0 saturated carbocycles. The molecule has 6 heteroatoms. The van der Waals surface area contributed by atoms with E-state index in [0.717, 1.165) is 0 Å². The van der Waals surface area contributed by atoms with E-state index in [1.165, 1.54) is 0 Å². The maximum atomic E-state index is 9.33. The lowest BCUT2D eigenvalue weighted by Crippen LogP contribution is -2.49. The van der Waals surface area contributed by atoms with Gasteiger partial charge in [0, 0.05) is 6.54 Å². The molecule has 88 valence electrons. The average molecular weight is 219 g/mol. The first-order valence-electron chi connectivity index (χ1n) is 4.51. The van der Waals surface area contributed by atoms with Gasteiger partial charge in [0.15, 0.2) is 0 Å². The minimum Gasteiger partial charge on any atom is -0.394 e. The van der Waals surface area contributed by atoms with Crippen molar-refractivity contribution in [1.29, 1.82) is 0 Å². The Labute approximate surface area is 88.2 Å². The zero-order valence-electron chi connectivity index (χ0n) is 8.24. The summed E-state index contributed by atoms with van der Waals surface area (Å²) in [7, 11) is 0. The lowest BCUT2D eigenvalue weighted by atomic mass is 10.0. The zero-order valence-corrected chi connectivity index (χ0v) is 8.24. The van der Waals surface area contributed by atoms with E-state index in [1.54, 1.807) is 0 Å². The monoisotopic (exact) mass is 219 g/mol. The van der Waals surface area contributed by atoms with Gasteiger partial charge in [0.1, 0.15) is 18.3 Å². The van der Waals surface area contributed by atoms with Crippen LogP contribution in [0.5, 0.6) is 0 Å². The van der Waals surface area contributed by atoms with E-state index in [9.17, 15) is 15.3 Å². The molecule has 4 unspecified atom stereocenters. The van der Waals surface area contributed by atoms with Crippen molar-refractivity contribution in [3.05, 3.63) is 0 Å². The van der Waals surface area contributed by atoms with Crippen LogP contribution in [0.1, 0.15) is 0 Å². The number of hydrogen-bond acceptors (Lipinski definition) is 6. The summed E-state index contributed by atoms with van der Waals surface area (Å²) in [5.41, 5.74) is 0. The van der Waals surface area contributed by atoms with Crippen molar-refractivity contribution in [2.24, 2.45) is 0 Å². The second-order valence-electron chi connectivity index (χ2n) is 3.13. The van der Waals surface area contributed by atoms with Gasteiger partial charge in [-0.15, -0.1) is 6.42 Å². The van der Waals surface area contributed by atoms with Crippen LogP contribution in [-0.4, -0.2) is 69.6 Å². The fourth-order valence-electron chi connectivity index (χ4n) is 0.976. The molecule has 0 bridgehead atoms. The van der Waals surface area contributed by atoms with Crippen LogP contribution in [0.25, 0.3) is 0 Å². The second kappa shape index (κ2) is 7.59. The Morgan fingerprint density at radius 1 is 1.07 bits per heavy atom. The number of terminal acetylenes is 1. The lowest BCUT2D eigenvalue weighted by Gasteiger charge is -2.25. The number of rotatable bonds is 7. The smallest absolute Gasteiger partial charge is 0.111 e. The fourth-order valence-corrected chi connectivity index (χ4v) is 0.976. The van der Waals surface area contributed by atoms with Gasteiger partial charge in [-0.1, -0.05) is 5.92 Å². The highest BCUT2D eigenvalue weighted by atomic mass is 16.4. The van der Waals surface area contributed by atoms with Crippen LogP contribution in [0, 0.1) is 12.3 Å². The van der Waals surface area contributed by atoms with E-state index in [1.807, 2.05) is 0 Å². The van der Waals surface area contributed by atoms with Gasteiger partial charge in [-0.05, 0) is 0 Å².